The molecule has 1 N–H and O–H groups in total. The molecule has 0 spiro atoms. The molecule has 0 bridgehead atoms. The highest BCUT2D eigenvalue weighted by molar-refractivity contribution is 6.49. The molecule has 1 amide bonds. The first kappa shape index (κ1) is 22.9. The number of oxime groups is 1. The van der Waals surface area contributed by atoms with Crippen LogP contribution >= 0.6 is 0 Å². The van der Waals surface area contributed by atoms with E-state index in [1.165, 1.54) is 25.5 Å². The normalized spacial score (nSPS) is 15.9. The molecule has 0 saturated heterocycles. The van der Waals surface area contributed by atoms with Crippen molar-refractivity contribution in [2.24, 2.45) is 10.1 Å². The number of Topliss-reactive ketones (excluding diaryl/α,β-unsaturated/α-hetero) is 1. The molecule has 0 aliphatic carbocycles. The fraction of sp³-hybridized carbons (Fsp3) is 0.304. The van der Waals surface area contributed by atoms with Crippen molar-refractivity contribution in [3.05, 3.63) is 53.2 Å². The van der Waals surface area contributed by atoms with Crippen molar-refractivity contribution in [1.82, 2.24) is 9.97 Å². The Morgan fingerprint density at radius 1 is 1.28 bits per heavy atom. The number of aryl methyl sites for hydroxylation is 1. The molecule has 2 aromatic rings. The van der Waals surface area contributed by atoms with Crippen LogP contribution < -0.4 is 5.32 Å². The molecule has 3 rings (SSSR count). The van der Waals surface area contributed by atoms with E-state index < -0.39 is 17.5 Å². The molecule has 0 radical (unpaired) electrons. The number of hydrogen-bond acceptors (Lipinski definition) is 7. The number of ketones is 1. The average Bonchev–Trinajstić information content (AvgIpc) is 3.05. The predicted octanol–water partition coefficient (Wildman–Crippen LogP) is 4.15. The van der Waals surface area contributed by atoms with Crippen molar-refractivity contribution < 1.29 is 18.8 Å². The van der Waals surface area contributed by atoms with E-state index in [4.69, 9.17) is 4.84 Å². The lowest BCUT2D eigenvalue weighted by Gasteiger charge is -2.12. The lowest BCUT2D eigenvalue weighted by Crippen LogP contribution is -2.33. The van der Waals surface area contributed by atoms with Crippen LogP contribution in [0.4, 0.5) is 10.2 Å². The Morgan fingerprint density at radius 2 is 2.03 bits per heavy atom. The summed E-state index contributed by atoms with van der Waals surface area (Å²) >= 11 is 0. The van der Waals surface area contributed by atoms with Gasteiger partial charge in [0, 0.05) is 17.3 Å². The molecule has 1 aromatic carbocycles. The molecule has 9 heteroatoms. The summed E-state index contributed by atoms with van der Waals surface area (Å²) in [6.07, 6.45) is 4.81. The number of amides is 1. The summed E-state index contributed by atoms with van der Waals surface area (Å²) in [6.45, 7) is 8.39. The second kappa shape index (κ2) is 9.17. The van der Waals surface area contributed by atoms with Crippen molar-refractivity contribution >= 4 is 29.4 Å². The van der Waals surface area contributed by atoms with Gasteiger partial charge in [-0.3, -0.25) is 14.6 Å². The van der Waals surface area contributed by atoms with Crippen LogP contribution in [0.2, 0.25) is 0 Å². The van der Waals surface area contributed by atoms with Gasteiger partial charge in [-0.1, -0.05) is 24.2 Å². The zero-order chi connectivity index (χ0) is 23.5. The minimum atomic E-state index is -0.992. The van der Waals surface area contributed by atoms with Crippen LogP contribution in [-0.4, -0.2) is 39.2 Å². The Kier molecular flexibility index (Phi) is 6.57. The third kappa shape index (κ3) is 4.77. The van der Waals surface area contributed by atoms with E-state index in [0.29, 0.717) is 17.7 Å². The zero-order valence-corrected chi connectivity index (χ0v) is 18.6. The highest BCUT2D eigenvalue weighted by atomic mass is 19.1. The number of aliphatic imine (C=N–C) groups is 1. The highest BCUT2D eigenvalue weighted by Gasteiger charge is 2.40. The van der Waals surface area contributed by atoms with Crippen LogP contribution in [0.1, 0.15) is 45.2 Å². The predicted molar refractivity (Wildman–Crippen MR) is 120 cm³/mol. The molecule has 0 fully saturated rings. The number of hydrogen-bond donors (Lipinski definition) is 1. The standard InChI is InChI=1S/C23H24FN5O3/c1-6-9-25-21(24)14(3)22(31)28-18-12-26-17(11-27-18)16-10-15(8-7-13(16)2)19-20(30)23(4,5)32-29-19/h7-12H,6H2,1-5H3,(H,27,28,31)/b21-14+,25-9?. The smallest absolute Gasteiger partial charge is 0.257 e. The van der Waals surface area contributed by atoms with Crippen LogP contribution in [-0.2, 0) is 14.4 Å². The van der Waals surface area contributed by atoms with Gasteiger partial charge in [0.25, 0.3) is 5.91 Å². The van der Waals surface area contributed by atoms with Gasteiger partial charge in [0.2, 0.25) is 11.7 Å². The molecule has 1 aliphatic rings. The van der Waals surface area contributed by atoms with E-state index in [1.54, 1.807) is 26.0 Å². The summed E-state index contributed by atoms with van der Waals surface area (Å²) in [5, 5.41) is 6.44. The molecular formula is C23H24FN5O3. The van der Waals surface area contributed by atoms with Gasteiger partial charge < -0.3 is 10.2 Å². The topological polar surface area (TPSA) is 106 Å². The molecule has 32 heavy (non-hydrogen) atoms. The maximum absolute atomic E-state index is 13.9. The van der Waals surface area contributed by atoms with Crippen LogP contribution in [0.5, 0.6) is 0 Å². The molecule has 1 aliphatic heterocycles. The number of aromatic nitrogens is 2. The van der Waals surface area contributed by atoms with Crippen molar-refractivity contribution in [2.75, 3.05) is 5.32 Å². The fourth-order valence-corrected chi connectivity index (χ4v) is 2.86. The first-order valence-corrected chi connectivity index (χ1v) is 10.1. The number of anilines is 1. The Morgan fingerprint density at radius 3 is 2.62 bits per heavy atom. The molecule has 0 saturated carbocycles. The summed E-state index contributed by atoms with van der Waals surface area (Å²) in [5.74, 6) is -1.53. The Bertz CT molecular complexity index is 1150. The number of nitrogens with zero attached hydrogens (tertiary/aromatic N) is 4. The maximum atomic E-state index is 13.9. The molecular weight excluding hydrogens is 413 g/mol. The third-order valence-electron chi connectivity index (χ3n) is 4.84. The summed E-state index contributed by atoms with van der Waals surface area (Å²) in [6, 6.07) is 5.46. The van der Waals surface area contributed by atoms with Gasteiger partial charge in [-0.15, -0.1) is 0 Å². The summed E-state index contributed by atoms with van der Waals surface area (Å²) < 4.78 is 13.9. The van der Waals surface area contributed by atoms with Gasteiger partial charge in [0.15, 0.2) is 17.1 Å². The van der Waals surface area contributed by atoms with E-state index in [-0.39, 0.29) is 22.9 Å². The molecule has 1 aromatic heterocycles. The van der Waals surface area contributed by atoms with Gasteiger partial charge >= 0.3 is 0 Å². The molecule has 0 atom stereocenters. The highest BCUT2D eigenvalue weighted by Crippen LogP contribution is 2.27. The molecule has 8 nitrogen and oxygen atoms in total. The molecule has 0 unspecified atom stereocenters. The van der Waals surface area contributed by atoms with Gasteiger partial charge in [0.1, 0.15) is 0 Å². The number of nitrogens with one attached hydrogen (secondary N) is 1. The second-order valence-electron chi connectivity index (χ2n) is 7.78. The van der Waals surface area contributed by atoms with E-state index in [0.717, 1.165) is 11.1 Å². The van der Waals surface area contributed by atoms with E-state index >= 15 is 0 Å². The fourth-order valence-electron chi connectivity index (χ4n) is 2.86. The maximum Gasteiger partial charge on any atom is 0.257 e. The van der Waals surface area contributed by atoms with Crippen LogP contribution in [0, 0.1) is 6.92 Å². The van der Waals surface area contributed by atoms with E-state index in [1.807, 2.05) is 19.9 Å². The summed E-state index contributed by atoms with van der Waals surface area (Å²) in [5.41, 5.74) is 1.93. The summed E-state index contributed by atoms with van der Waals surface area (Å²) in [4.78, 5) is 42.1. The number of halogens is 1. The third-order valence-corrected chi connectivity index (χ3v) is 4.84. The Hall–Kier alpha value is -3.75. The minimum Gasteiger partial charge on any atom is -0.381 e. The SMILES string of the molecule is CCC=N/C(F)=C(\C)C(=O)Nc1cnc(-c2cc(C3=NOC(C)(C)C3=O)ccc2C)cn1. The van der Waals surface area contributed by atoms with Crippen molar-refractivity contribution in [3.8, 4) is 11.3 Å². The number of carbonyl (C=O) groups is 2. The number of benzene rings is 1. The Balaban J connectivity index is 1.82. The van der Waals surface area contributed by atoms with Gasteiger partial charge in [-0.25, -0.2) is 9.98 Å². The number of rotatable bonds is 6. The monoisotopic (exact) mass is 437 g/mol. The first-order chi connectivity index (χ1) is 15.1. The minimum absolute atomic E-state index is 0.156. The van der Waals surface area contributed by atoms with Gasteiger partial charge in [-0.05, 0) is 45.7 Å². The van der Waals surface area contributed by atoms with E-state index in [9.17, 15) is 14.0 Å². The van der Waals surface area contributed by atoms with Crippen molar-refractivity contribution in [1.29, 1.82) is 0 Å². The largest absolute Gasteiger partial charge is 0.381 e. The van der Waals surface area contributed by atoms with Crippen molar-refractivity contribution in [2.45, 2.75) is 46.6 Å². The van der Waals surface area contributed by atoms with Gasteiger partial charge in [-0.2, -0.15) is 4.39 Å². The first-order valence-electron chi connectivity index (χ1n) is 10.1. The number of carbonyl (C=O) groups excluding carboxylic acids is 2. The van der Waals surface area contributed by atoms with Crippen LogP contribution in [0.25, 0.3) is 11.3 Å². The van der Waals surface area contributed by atoms with Crippen LogP contribution in [0.15, 0.2) is 52.3 Å². The van der Waals surface area contributed by atoms with Crippen LogP contribution in [0.3, 0.4) is 0 Å². The Labute approximate surface area is 185 Å². The van der Waals surface area contributed by atoms with E-state index in [2.05, 4.69) is 25.4 Å². The summed E-state index contributed by atoms with van der Waals surface area (Å²) in [7, 11) is 0. The zero-order valence-electron chi connectivity index (χ0n) is 18.6. The lowest BCUT2D eigenvalue weighted by atomic mass is 9.93. The lowest BCUT2D eigenvalue weighted by molar-refractivity contribution is -0.128. The molecule has 166 valence electrons. The second-order valence-corrected chi connectivity index (χ2v) is 7.78. The quantitative estimate of drug-likeness (QED) is 0.415. The van der Waals surface area contributed by atoms with Crippen molar-refractivity contribution in [3.63, 3.8) is 0 Å². The molecule has 2 heterocycles. The van der Waals surface area contributed by atoms with Gasteiger partial charge in [0.05, 0.1) is 23.7 Å². The average molecular weight is 437 g/mol.